The lowest BCUT2D eigenvalue weighted by Crippen LogP contribution is -2.39. The van der Waals surface area contributed by atoms with Gasteiger partial charge in [-0.2, -0.15) is 0 Å². The Morgan fingerprint density at radius 1 is 1.18 bits per heavy atom. The van der Waals surface area contributed by atoms with Crippen molar-refractivity contribution in [3.63, 3.8) is 0 Å². The van der Waals surface area contributed by atoms with Crippen molar-refractivity contribution in [2.75, 3.05) is 0 Å². The first-order valence-electron chi connectivity index (χ1n) is 6.48. The van der Waals surface area contributed by atoms with Crippen molar-refractivity contribution >= 4 is 5.84 Å². The van der Waals surface area contributed by atoms with E-state index in [1.54, 1.807) is 0 Å². The predicted octanol–water partition coefficient (Wildman–Crippen LogP) is 1.82. The second-order valence-electron chi connectivity index (χ2n) is 5.10. The largest absolute Gasteiger partial charge is 0.312 e. The fourth-order valence-corrected chi connectivity index (χ4v) is 2.59. The lowest BCUT2D eigenvalue weighted by molar-refractivity contribution is 0.565. The number of aliphatic imine (C=N–C) groups is 1. The lowest BCUT2D eigenvalue weighted by atomic mass is 9.83. The standard InChI is InChI=1S/C14H19N3/c15-17-14(16-13-7-8-13)12-6-5-10-3-1-2-4-11(10)9-12/h1-4,12-13H,5-9,15H2,(H,16,17). The number of benzene rings is 1. The second kappa shape index (κ2) is 4.49. The summed E-state index contributed by atoms with van der Waals surface area (Å²) < 4.78 is 0. The highest BCUT2D eigenvalue weighted by molar-refractivity contribution is 5.85. The number of hydrogen-bond acceptors (Lipinski definition) is 2. The predicted molar refractivity (Wildman–Crippen MR) is 69.7 cm³/mol. The van der Waals surface area contributed by atoms with Crippen LogP contribution in [0.3, 0.4) is 0 Å². The molecule has 2 aliphatic rings. The quantitative estimate of drug-likeness (QED) is 0.352. The molecule has 0 aromatic heterocycles. The summed E-state index contributed by atoms with van der Waals surface area (Å²) in [5.74, 6) is 7.12. The van der Waals surface area contributed by atoms with Crippen LogP contribution in [0.5, 0.6) is 0 Å². The van der Waals surface area contributed by atoms with Gasteiger partial charge in [0.25, 0.3) is 0 Å². The molecule has 1 aromatic carbocycles. The molecule has 90 valence electrons. The first-order valence-corrected chi connectivity index (χ1v) is 6.48. The topological polar surface area (TPSA) is 50.4 Å². The van der Waals surface area contributed by atoms with Crippen LogP contribution in [0.2, 0.25) is 0 Å². The first-order chi connectivity index (χ1) is 8.36. The number of amidine groups is 1. The number of aryl methyl sites for hydroxylation is 1. The molecule has 3 N–H and O–H groups in total. The molecular formula is C14H19N3. The van der Waals surface area contributed by atoms with Crippen LogP contribution >= 0.6 is 0 Å². The Bertz CT molecular complexity index is 435. The van der Waals surface area contributed by atoms with Crippen LogP contribution in [-0.4, -0.2) is 11.9 Å². The molecule has 0 bridgehead atoms. The molecule has 3 heteroatoms. The van der Waals surface area contributed by atoms with Crippen LogP contribution in [-0.2, 0) is 12.8 Å². The summed E-state index contributed by atoms with van der Waals surface area (Å²) in [7, 11) is 0. The van der Waals surface area contributed by atoms with Crippen LogP contribution < -0.4 is 11.3 Å². The Morgan fingerprint density at radius 3 is 2.65 bits per heavy atom. The van der Waals surface area contributed by atoms with Crippen molar-refractivity contribution < 1.29 is 0 Å². The molecule has 2 aliphatic carbocycles. The third-order valence-electron chi connectivity index (χ3n) is 3.75. The molecular weight excluding hydrogens is 210 g/mol. The van der Waals surface area contributed by atoms with Crippen molar-refractivity contribution in [3.8, 4) is 0 Å². The smallest absolute Gasteiger partial charge is 0.114 e. The maximum Gasteiger partial charge on any atom is 0.114 e. The third kappa shape index (κ3) is 2.34. The van der Waals surface area contributed by atoms with Gasteiger partial charge in [0.05, 0.1) is 6.04 Å². The molecule has 0 spiro atoms. The molecule has 1 unspecified atom stereocenters. The Balaban J connectivity index is 1.78. The Kier molecular flexibility index (Phi) is 2.85. The van der Waals surface area contributed by atoms with Gasteiger partial charge in [-0.1, -0.05) is 24.3 Å². The minimum atomic E-state index is 0.482. The summed E-state index contributed by atoms with van der Waals surface area (Å²) in [6.07, 6.45) is 5.84. The van der Waals surface area contributed by atoms with Gasteiger partial charge in [0, 0.05) is 5.92 Å². The van der Waals surface area contributed by atoms with Gasteiger partial charge in [-0.05, 0) is 43.2 Å². The maximum absolute atomic E-state index is 5.62. The van der Waals surface area contributed by atoms with Gasteiger partial charge in [0.15, 0.2) is 0 Å². The molecule has 1 atom stereocenters. The van der Waals surface area contributed by atoms with E-state index in [4.69, 9.17) is 5.84 Å². The number of nitrogens with zero attached hydrogens (tertiary/aromatic N) is 1. The van der Waals surface area contributed by atoms with E-state index in [0.29, 0.717) is 12.0 Å². The molecule has 17 heavy (non-hydrogen) atoms. The molecule has 0 amide bonds. The molecule has 0 radical (unpaired) electrons. The average Bonchev–Trinajstić information content (AvgIpc) is 3.19. The Morgan fingerprint density at radius 2 is 1.94 bits per heavy atom. The number of fused-ring (bicyclic) bond motifs is 1. The van der Waals surface area contributed by atoms with Crippen molar-refractivity contribution in [2.45, 2.75) is 38.1 Å². The maximum atomic E-state index is 5.62. The Hall–Kier alpha value is -1.35. The minimum Gasteiger partial charge on any atom is -0.312 e. The second-order valence-corrected chi connectivity index (χ2v) is 5.10. The number of hydrogen-bond donors (Lipinski definition) is 2. The van der Waals surface area contributed by atoms with Crippen molar-refractivity contribution in [1.29, 1.82) is 0 Å². The van der Waals surface area contributed by atoms with Gasteiger partial charge >= 0.3 is 0 Å². The fraction of sp³-hybridized carbons (Fsp3) is 0.500. The average molecular weight is 229 g/mol. The molecule has 1 saturated carbocycles. The van der Waals surface area contributed by atoms with Crippen LogP contribution in [0.25, 0.3) is 0 Å². The number of nitrogens with one attached hydrogen (secondary N) is 1. The summed E-state index contributed by atoms with van der Waals surface area (Å²) in [5.41, 5.74) is 5.78. The summed E-state index contributed by atoms with van der Waals surface area (Å²) in [4.78, 5) is 4.68. The van der Waals surface area contributed by atoms with E-state index >= 15 is 0 Å². The highest BCUT2D eigenvalue weighted by Gasteiger charge is 2.26. The van der Waals surface area contributed by atoms with Crippen LogP contribution in [0.4, 0.5) is 0 Å². The van der Waals surface area contributed by atoms with Gasteiger partial charge in [-0.3, -0.25) is 4.99 Å². The zero-order chi connectivity index (χ0) is 11.7. The van der Waals surface area contributed by atoms with Crippen LogP contribution in [0.15, 0.2) is 29.3 Å². The van der Waals surface area contributed by atoms with E-state index < -0.39 is 0 Å². The minimum absolute atomic E-state index is 0.482. The monoisotopic (exact) mass is 229 g/mol. The normalized spacial score (nSPS) is 24.3. The van der Waals surface area contributed by atoms with Crippen LogP contribution in [0, 0.1) is 5.92 Å². The van der Waals surface area contributed by atoms with Crippen molar-refractivity contribution in [1.82, 2.24) is 5.43 Å². The first kappa shape index (κ1) is 10.8. The van der Waals surface area contributed by atoms with Crippen LogP contribution in [0.1, 0.15) is 30.4 Å². The lowest BCUT2D eigenvalue weighted by Gasteiger charge is -2.25. The number of rotatable bonds is 2. The number of hydrazine groups is 1. The number of nitrogens with two attached hydrogens (primary N) is 1. The SMILES string of the molecule is NNC(=NC1CC1)C1CCc2ccccc2C1. The summed E-state index contributed by atoms with van der Waals surface area (Å²) in [5, 5.41) is 0. The summed E-state index contributed by atoms with van der Waals surface area (Å²) >= 11 is 0. The van der Waals surface area contributed by atoms with Gasteiger partial charge < -0.3 is 5.43 Å². The van der Waals surface area contributed by atoms with E-state index in [1.807, 2.05) is 0 Å². The van der Waals surface area contributed by atoms with E-state index in [-0.39, 0.29) is 0 Å². The molecule has 0 saturated heterocycles. The van der Waals surface area contributed by atoms with Gasteiger partial charge in [-0.25, -0.2) is 5.84 Å². The fourth-order valence-electron chi connectivity index (χ4n) is 2.59. The van der Waals surface area contributed by atoms with Gasteiger partial charge in [0.2, 0.25) is 0 Å². The highest BCUT2D eigenvalue weighted by Crippen LogP contribution is 2.28. The molecule has 0 aliphatic heterocycles. The summed E-state index contributed by atoms with van der Waals surface area (Å²) in [6.45, 7) is 0. The highest BCUT2D eigenvalue weighted by atomic mass is 15.3. The van der Waals surface area contributed by atoms with Gasteiger partial charge in [0.1, 0.15) is 5.84 Å². The zero-order valence-electron chi connectivity index (χ0n) is 10.0. The van der Waals surface area contributed by atoms with E-state index in [1.165, 1.54) is 24.0 Å². The molecule has 3 rings (SSSR count). The molecule has 1 aromatic rings. The van der Waals surface area contributed by atoms with E-state index in [9.17, 15) is 0 Å². The molecule has 1 fully saturated rings. The molecule has 3 nitrogen and oxygen atoms in total. The Labute approximate surface area is 102 Å². The van der Waals surface area contributed by atoms with Crippen molar-refractivity contribution in [2.24, 2.45) is 16.8 Å². The van der Waals surface area contributed by atoms with E-state index in [2.05, 4.69) is 34.7 Å². The molecule has 0 heterocycles. The third-order valence-corrected chi connectivity index (χ3v) is 3.75. The zero-order valence-corrected chi connectivity index (χ0v) is 10.0. The summed E-state index contributed by atoms with van der Waals surface area (Å²) in [6, 6.07) is 9.25. The van der Waals surface area contributed by atoms with Gasteiger partial charge in [-0.15, -0.1) is 0 Å². The van der Waals surface area contributed by atoms with Crippen molar-refractivity contribution in [3.05, 3.63) is 35.4 Å². The van der Waals surface area contributed by atoms with E-state index in [0.717, 1.165) is 25.1 Å².